The molecule has 0 radical (unpaired) electrons. The predicted octanol–water partition coefficient (Wildman–Crippen LogP) is 4.28. The van der Waals surface area contributed by atoms with Crippen LogP contribution >= 0.6 is 11.6 Å². The first-order valence-corrected chi connectivity index (χ1v) is 11.4. The van der Waals surface area contributed by atoms with Gasteiger partial charge in [-0.25, -0.2) is 9.97 Å². The molecule has 2 atom stereocenters. The summed E-state index contributed by atoms with van der Waals surface area (Å²) in [4.78, 5) is 11.8. The fourth-order valence-corrected chi connectivity index (χ4v) is 5.27. The first-order valence-electron chi connectivity index (χ1n) is 11.0. The number of anilines is 2. The summed E-state index contributed by atoms with van der Waals surface area (Å²) in [7, 11) is 1.90. The number of ether oxygens (including phenoxy) is 1. The molecular weight excluding hydrogens is 412 g/mol. The predicted molar refractivity (Wildman–Crippen MR) is 123 cm³/mol. The van der Waals surface area contributed by atoms with E-state index in [-0.39, 0.29) is 0 Å². The van der Waals surface area contributed by atoms with Gasteiger partial charge in [-0.05, 0) is 62.4 Å². The van der Waals surface area contributed by atoms with Crippen LogP contribution in [0.25, 0.3) is 10.9 Å². The SMILES string of the molecule is Cc1cc(Nc2ncc3cc(Cl)c(C4CCN([C@H]5COC[C@H]5C)CC4)cc3n2)n(C)n1. The van der Waals surface area contributed by atoms with Crippen LogP contribution in [-0.2, 0) is 11.8 Å². The van der Waals surface area contributed by atoms with Gasteiger partial charge in [0.1, 0.15) is 5.82 Å². The van der Waals surface area contributed by atoms with Gasteiger partial charge in [0.05, 0.1) is 24.4 Å². The smallest absolute Gasteiger partial charge is 0.228 e. The Balaban J connectivity index is 1.35. The van der Waals surface area contributed by atoms with Crippen LogP contribution in [0.2, 0.25) is 5.02 Å². The molecule has 5 rings (SSSR count). The quantitative estimate of drug-likeness (QED) is 0.653. The summed E-state index contributed by atoms with van der Waals surface area (Å²) >= 11 is 6.70. The number of rotatable bonds is 4. The van der Waals surface area contributed by atoms with E-state index in [4.69, 9.17) is 21.3 Å². The Hall–Kier alpha value is -2.22. The van der Waals surface area contributed by atoms with E-state index >= 15 is 0 Å². The van der Waals surface area contributed by atoms with Crippen molar-refractivity contribution in [3.63, 3.8) is 0 Å². The molecule has 4 heterocycles. The normalized spacial score (nSPS) is 23.0. The zero-order valence-corrected chi connectivity index (χ0v) is 19.1. The molecule has 164 valence electrons. The van der Waals surface area contributed by atoms with Crippen molar-refractivity contribution >= 4 is 34.3 Å². The van der Waals surface area contributed by atoms with Crippen LogP contribution in [-0.4, -0.2) is 57.0 Å². The van der Waals surface area contributed by atoms with Gasteiger partial charge in [-0.1, -0.05) is 18.5 Å². The third-order valence-corrected chi connectivity index (χ3v) is 7.03. The van der Waals surface area contributed by atoms with Gasteiger partial charge in [0, 0.05) is 35.8 Å². The third kappa shape index (κ3) is 4.14. The fraction of sp³-hybridized carbons (Fsp3) is 0.522. The van der Waals surface area contributed by atoms with Gasteiger partial charge >= 0.3 is 0 Å². The van der Waals surface area contributed by atoms with E-state index < -0.39 is 0 Å². The Morgan fingerprint density at radius 3 is 2.65 bits per heavy atom. The summed E-state index contributed by atoms with van der Waals surface area (Å²) < 4.78 is 7.47. The van der Waals surface area contributed by atoms with Crippen LogP contribution in [0.4, 0.5) is 11.8 Å². The van der Waals surface area contributed by atoms with Crippen molar-refractivity contribution in [2.45, 2.75) is 38.6 Å². The van der Waals surface area contributed by atoms with Gasteiger partial charge in [0.2, 0.25) is 5.95 Å². The summed E-state index contributed by atoms with van der Waals surface area (Å²) in [6, 6.07) is 6.69. The molecule has 2 aliphatic rings. The summed E-state index contributed by atoms with van der Waals surface area (Å²) in [5, 5.41) is 9.40. The minimum atomic E-state index is 0.455. The van der Waals surface area contributed by atoms with E-state index in [9.17, 15) is 0 Å². The van der Waals surface area contributed by atoms with Crippen molar-refractivity contribution in [3.8, 4) is 0 Å². The van der Waals surface area contributed by atoms with E-state index in [0.29, 0.717) is 23.8 Å². The average Bonchev–Trinajstić information content (AvgIpc) is 3.32. The number of likely N-dealkylation sites (tertiary alicyclic amines) is 1. The molecule has 0 saturated carbocycles. The van der Waals surface area contributed by atoms with Crippen LogP contribution in [0.5, 0.6) is 0 Å². The molecule has 31 heavy (non-hydrogen) atoms. The Morgan fingerprint density at radius 1 is 1.16 bits per heavy atom. The molecule has 0 aliphatic carbocycles. The lowest BCUT2D eigenvalue weighted by molar-refractivity contribution is 0.116. The molecular formula is C23H29ClN6O. The topological polar surface area (TPSA) is 68.1 Å². The molecule has 8 heteroatoms. The first kappa shape index (κ1) is 20.7. The van der Waals surface area contributed by atoms with Crippen molar-refractivity contribution in [1.29, 1.82) is 0 Å². The summed E-state index contributed by atoms with van der Waals surface area (Å²) in [5.74, 6) is 2.50. The highest BCUT2D eigenvalue weighted by Gasteiger charge is 2.33. The molecule has 7 nitrogen and oxygen atoms in total. The molecule has 2 saturated heterocycles. The van der Waals surface area contributed by atoms with Crippen LogP contribution in [0.3, 0.4) is 0 Å². The molecule has 0 spiro atoms. The zero-order valence-electron chi connectivity index (χ0n) is 18.3. The Kier molecular flexibility index (Phi) is 5.58. The largest absolute Gasteiger partial charge is 0.379 e. The number of nitrogens with one attached hydrogen (secondary N) is 1. The second-order valence-corrected chi connectivity index (χ2v) is 9.35. The summed E-state index contributed by atoms with van der Waals surface area (Å²) in [6.07, 6.45) is 4.05. The number of aromatic nitrogens is 4. The molecule has 0 bridgehead atoms. The van der Waals surface area contributed by atoms with Crippen molar-refractivity contribution in [2.24, 2.45) is 13.0 Å². The minimum absolute atomic E-state index is 0.455. The van der Waals surface area contributed by atoms with Gasteiger partial charge in [-0.2, -0.15) is 5.10 Å². The van der Waals surface area contributed by atoms with Crippen molar-refractivity contribution < 1.29 is 4.74 Å². The fourth-order valence-electron chi connectivity index (χ4n) is 4.94. The maximum Gasteiger partial charge on any atom is 0.228 e. The van der Waals surface area contributed by atoms with Crippen LogP contribution in [0, 0.1) is 12.8 Å². The monoisotopic (exact) mass is 440 g/mol. The van der Waals surface area contributed by atoms with Crippen molar-refractivity contribution in [3.05, 3.63) is 40.7 Å². The molecule has 2 aliphatic heterocycles. The lowest BCUT2D eigenvalue weighted by atomic mass is 9.87. The molecule has 0 unspecified atom stereocenters. The highest BCUT2D eigenvalue weighted by molar-refractivity contribution is 6.32. The van der Waals surface area contributed by atoms with Crippen molar-refractivity contribution in [1.82, 2.24) is 24.6 Å². The number of fused-ring (bicyclic) bond motifs is 1. The molecule has 3 aromatic rings. The van der Waals surface area contributed by atoms with Gasteiger partial charge in [-0.15, -0.1) is 0 Å². The number of nitrogens with zero attached hydrogens (tertiary/aromatic N) is 5. The molecule has 1 N–H and O–H groups in total. The molecule has 2 fully saturated rings. The van der Waals surface area contributed by atoms with E-state index in [1.165, 1.54) is 5.56 Å². The first-order chi connectivity index (χ1) is 15.0. The second-order valence-electron chi connectivity index (χ2n) is 8.94. The summed E-state index contributed by atoms with van der Waals surface area (Å²) in [5.41, 5.74) is 3.06. The van der Waals surface area contributed by atoms with Crippen LogP contribution in [0.15, 0.2) is 24.4 Å². The second kappa shape index (κ2) is 8.37. The van der Waals surface area contributed by atoms with E-state index in [2.05, 4.69) is 33.3 Å². The number of piperidine rings is 1. The zero-order chi connectivity index (χ0) is 21.5. The Morgan fingerprint density at radius 2 is 1.97 bits per heavy atom. The number of aryl methyl sites for hydroxylation is 2. The highest BCUT2D eigenvalue weighted by Crippen LogP contribution is 2.36. The van der Waals surface area contributed by atoms with Gasteiger partial charge < -0.3 is 10.1 Å². The number of benzene rings is 1. The minimum Gasteiger partial charge on any atom is -0.379 e. The van der Waals surface area contributed by atoms with Crippen molar-refractivity contribution in [2.75, 3.05) is 31.6 Å². The van der Waals surface area contributed by atoms with Gasteiger partial charge in [-0.3, -0.25) is 9.58 Å². The molecule has 1 aromatic carbocycles. The maximum atomic E-state index is 6.70. The number of hydrogen-bond acceptors (Lipinski definition) is 6. The van der Waals surface area contributed by atoms with Gasteiger partial charge in [0.25, 0.3) is 0 Å². The maximum absolute atomic E-state index is 6.70. The third-order valence-electron chi connectivity index (χ3n) is 6.70. The number of hydrogen-bond donors (Lipinski definition) is 1. The molecule has 2 aromatic heterocycles. The number of halogens is 1. The van der Waals surface area contributed by atoms with E-state index in [0.717, 1.165) is 66.6 Å². The van der Waals surface area contributed by atoms with Crippen LogP contribution in [0.1, 0.15) is 36.9 Å². The van der Waals surface area contributed by atoms with E-state index in [1.54, 1.807) is 4.68 Å². The lowest BCUT2D eigenvalue weighted by Crippen LogP contribution is -2.44. The van der Waals surface area contributed by atoms with E-state index in [1.807, 2.05) is 32.3 Å². The Labute approximate surface area is 187 Å². The standard InChI is InChI=1S/C23H29ClN6O/c1-14-12-31-13-21(14)30-6-4-16(5-7-30)18-10-20-17(9-19(18)24)11-25-23(26-20)27-22-8-15(2)28-29(22)3/h8-11,14,16,21H,4-7,12-13H2,1-3H3,(H,25,26,27)/t14-,21+/m1/s1. The van der Waals surface area contributed by atoms with Gasteiger partial charge in [0.15, 0.2) is 0 Å². The molecule has 0 amide bonds. The lowest BCUT2D eigenvalue weighted by Gasteiger charge is -2.37. The summed E-state index contributed by atoms with van der Waals surface area (Å²) in [6.45, 7) is 8.19. The average molecular weight is 441 g/mol. The highest BCUT2D eigenvalue weighted by atomic mass is 35.5. The van der Waals surface area contributed by atoms with Crippen LogP contribution < -0.4 is 5.32 Å². The Bertz CT molecular complexity index is 1090.